The standard InChI is InChI=1S/C21H28N2O/c1-5-8-12-18(7-3)16-21(15-6-2)17(4)22-23(20(21)24)19-13-10-9-11-14-19/h6,9-11,13-14,17,22H,2-3,5,8,12,15-16H2,1,4H3. The van der Waals surface area contributed by atoms with Gasteiger partial charge in [-0.25, -0.2) is 10.4 Å². The number of carbonyl (C=O) groups is 1. The Labute approximate surface area is 145 Å². The summed E-state index contributed by atoms with van der Waals surface area (Å²) in [5.41, 5.74) is 7.92. The number of unbranched alkanes of at least 4 members (excludes halogenated alkanes) is 1. The van der Waals surface area contributed by atoms with Gasteiger partial charge in [0.25, 0.3) is 0 Å². The Morgan fingerprint density at radius 1 is 1.42 bits per heavy atom. The monoisotopic (exact) mass is 324 g/mol. The molecular formula is C21H28N2O. The van der Waals surface area contributed by atoms with Crippen molar-refractivity contribution >= 4 is 11.6 Å². The molecule has 2 atom stereocenters. The lowest BCUT2D eigenvalue weighted by Gasteiger charge is -2.29. The van der Waals surface area contributed by atoms with Gasteiger partial charge in [-0.1, -0.05) is 44.2 Å². The van der Waals surface area contributed by atoms with Crippen LogP contribution in [0.2, 0.25) is 0 Å². The van der Waals surface area contributed by atoms with Crippen molar-refractivity contribution in [2.24, 2.45) is 5.41 Å². The predicted octanol–water partition coefficient (Wildman–Crippen LogP) is 4.78. The molecule has 0 aliphatic carbocycles. The van der Waals surface area contributed by atoms with Gasteiger partial charge in [-0.2, -0.15) is 0 Å². The zero-order valence-corrected chi connectivity index (χ0v) is 14.8. The first kappa shape index (κ1) is 18.3. The number of nitrogens with one attached hydrogen (secondary N) is 1. The summed E-state index contributed by atoms with van der Waals surface area (Å²) in [6, 6.07) is 9.75. The van der Waals surface area contributed by atoms with Crippen molar-refractivity contribution in [2.45, 2.75) is 52.0 Å². The SMILES string of the molecule is C=C=C(CCCC)CC1(CC=C)C(=O)N(c2ccccc2)NC1C. The summed E-state index contributed by atoms with van der Waals surface area (Å²) in [5, 5.41) is 1.69. The predicted molar refractivity (Wildman–Crippen MR) is 101 cm³/mol. The number of amides is 1. The van der Waals surface area contributed by atoms with Gasteiger partial charge >= 0.3 is 0 Å². The number of para-hydroxylation sites is 1. The second kappa shape index (κ2) is 8.14. The van der Waals surface area contributed by atoms with E-state index in [2.05, 4.69) is 38.2 Å². The number of nitrogens with zero attached hydrogens (tertiary/aromatic N) is 1. The number of rotatable bonds is 8. The summed E-state index contributed by atoms with van der Waals surface area (Å²) in [6.45, 7) is 12.0. The zero-order chi connectivity index (χ0) is 17.6. The molecule has 128 valence electrons. The van der Waals surface area contributed by atoms with Gasteiger partial charge in [0.15, 0.2) is 0 Å². The van der Waals surface area contributed by atoms with E-state index in [1.54, 1.807) is 5.01 Å². The summed E-state index contributed by atoms with van der Waals surface area (Å²) < 4.78 is 0. The third-order valence-corrected chi connectivity index (χ3v) is 4.91. The van der Waals surface area contributed by atoms with E-state index in [0.29, 0.717) is 12.8 Å². The maximum Gasteiger partial charge on any atom is 0.249 e. The molecule has 1 aliphatic rings. The van der Waals surface area contributed by atoms with E-state index in [0.717, 1.165) is 30.5 Å². The highest BCUT2D eigenvalue weighted by molar-refractivity contribution is 6.00. The first-order valence-corrected chi connectivity index (χ1v) is 8.73. The zero-order valence-electron chi connectivity index (χ0n) is 14.8. The van der Waals surface area contributed by atoms with Crippen LogP contribution in [-0.4, -0.2) is 11.9 Å². The number of hydrazine groups is 1. The highest BCUT2D eigenvalue weighted by Gasteiger charge is 2.51. The fourth-order valence-corrected chi connectivity index (χ4v) is 3.39. The summed E-state index contributed by atoms with van der Waals surface area (Å²) in [4.78, 5) is 13.3. The molecule has 1 amide bonds. The minimum atomic E-state index is -0.522. The Morgan fingerprint density at radius 3 is 2.71 bits per heavy atom. The fourth-order valence-electron chi connectivity index (χ4n) is 3.39. The van der Waals surface area contributed by atoms with Crippen LogP contribution >= 0.6 is 0 Å². The first-order valence-electron chi connectivity index (χ1n) is 8.73. The number of benzene rings is 1. The maximum absolute atomic E-state index is 13.3. The third kappa shape index (κ3) is 3.53. The third-order valence-electron chi connectivity index (χ3n) is 4.91. The second-order valence-corrected chi connectivity index (χ2v) is 6.54. The number of anilines is 1. The highest BCUT2D eigenvalue weighted by Crippen LogP contribution is 2.42. The van der Waals surface area contributed by atoms with Crippen molar-refractivity contribution in [3.63, 3.8) is 0 Å². The van der Waals surface area contributed by atoms with E-state index >= 15 is 0 Å². The fraction of sp³-hybridized carbons (Fsp3) is 0.429. The first-order chi connectivity index (χ1) is 11.6. The molecule has 1 saturated heterocycles. The van der Waals surface area contributed by atoms with Gasteiger partial charge in [-0.05, 0) is 50.3 Å². The van der Waals surface area contributed by atoms with Crippen LogP contribution in [0.25, 0.3) is 0 Å². The molecule has 2 rings (SSSR count). The lowest BCUT2D eigenvalue weighted by Crippen LogP contribution is -2.38. The van der Waals surface area contributed by atoms with Gasteiger partial charge in [0, 0.05) is 6.04 Å². The van der Waals surface area contributed by atoms with Gasteiger partial charge in [0.1, 0.15) is 0 Å². The van der Waals surface area contributed by atoms with Gasteiger partial charge in [-0.15, -0.1) is 12.3 Å². The largest absolute Gasteiger partial charge is 0.272 e. The van der Waals surface area contributed by atoms with E-state index < -0.39 is 5.41 Å². The molecule has 1 N–H and O–H groups in total. The van der Waals surface area contributed by atoms with Crippen LogP contribution in [0, 0.1) is 5.41 Å². The summed E-state index contributed by atoms with van der Waals surface area (Å²) in [6.07, 6.45) is 6.34. The summed E-state index contributed by atoms with van der Waals surface area (Å²) in [5.74, 6) is 0.102. The highest BCUT2D eigenvalue weighted by atomic mass is 16.2. The number of allylic oxidation sites excluding steroid dienone is 2. The smallest absolute Gasteiger partial charge is 0.249 e. The molecule has 1 fully saturated rings. The van der Waals surface area contributed by atoms with Gasteiger partial charge < -0.3 is 0 Å². The molecule has 1 aromatic carbocycles. The minimum Gasteiger partial charge on any atom is -0.272 e. The average Bonchev–Trinajstić information content (AvgIpc) is 2.84. The minimum absolute atomic E-state index is 0.0215. The van der Waals surface area contributed by atoms with E-state index in [-0.39, 0.29) is 11.9 Å². The Kier molecular flexibility index (Phi) is 6.19. The molecule has 1 aliphatic heterocycles. The number of carbonyl (C=O) groups excluding carboxylic acids is 1. The van der Waals surface area contributed by atoms with Crippen molar-refractivity contribution in [3.8, 4) is 0 Å². The van der Waals surface area contributed by atoms with Crippen molar-refractivity contribution in [3.05, 3.63) is 60.9 Å². The Morgan fingerprint density at radius 2 is 2.12 bits per heavy atom. The van der Waals surface area contributed by atoms with E-state index in [1.165, 1.54) is 0 Å². The van der Waals surface area contributed by atoms with Crippen LogP contribution in [0.3, 0.4) is 0 Å². The van der Waals surface area contributed by atoms with E-state index in [1.807, 2.05) is 36.4 Å². The van der Waals surface area contributed by atoms with Crippen molar-refractivity contribution in [1.29, 1.82) is 0 Å². The molecule has 3 nitrogen and oxygen atoms in total. The molecule has 1 aromatic rings. The van der Waals surface area contributed by atoms with Crippen LogP contribution in [-0.2, 0) is 4.79 Å². The topological polar surface area (TPSA) is 32.3 Å². The molecule has 3 heteroatoms. The molecule has 0 radical (unpaired) electrons. The van der Waals surface area contributed by atoms with Crippen molar-refractivity contribution in [2.75, 3.05) is 5.01 Å². The lowest BCUT2D eigenvalue weighted by molar-refractivity contribution is -0.125. The lowest BCUT2D eigenvalue weighted by atomic mass is 9.73. The molecule has 1 heterocycles. The van der Waals surface area contributed by atoms with Gasteiger partial charge in [-0.3, -0.25) is 4.79 Å². The molecular weight excluding hydrogens is 296 g/mol. The average molecular weight is 324 g/mol. The number of hydrogen-bond donors (Lipinski definition) is 1. The normalized spacial score (nSPS) is 23.2. The van der Waals surface area contributed by atoms with Crippen LogP contribution in [0.4, 0.5) is 5.69 Å². The number of hydrogen-bond acceptors (Lipinski definition) is 2. The van der Waals surface area contributed by atoms with E-state index in [4.69, 9.17) is 0 Å². The Bertz CT molecular complexity index is 630. The second-order valence-electron chi connectivity index (χ2n) is 6.54. The van der Waals surface area contributed by atoms with Crippen LogP contribution in [0.15, 0.2) is 60.9 Å². The van der Waals surface area contributed by atoms with Crippen LogP contribution in [0.1, 0.15) is 46.0 Å². The molecule has 24 heavy (non-hydrogen) atoms. The summed E-state index contributed by atoms with van der Waals surface area (Å²) >= 11 is 0. The Hall–Kier alpha value is -2.09. The molecule has 0 bridgehead atoms. The van der Waals surface area contributed by atoms with Crippen LogP contribution < -0.4 is 10.4 Å². The molecule has 2 unspecified atom stereocenters. The summed E-state index contributed by atoms with van der Waals surface area (Å²) in [7, 11) is 0. The van der Waals surface area contributed by atoms with Crippen molar-refractivity contribution in [1.82, 2.24) is 5.43 Å². The molecule has 0 spiro atoms. The van der Waals surface area contributed by atoms with Crippen molar-refractivity contribution < 1.29 is 4.79 Å². The Balaban J connectivity index is 2.32. The maximum atomic E-state index is 13.3. The van der Waals surface area contributed by atoms with Crippen LogP contribution in [0.5, 0.6) is 0 Å². The molecule has 0 saturated carbocycles. The van der Waals surface area contributed by atoms with E-state index in [9.17, 15) is 4.79 Å². The molecule has 0 aromatic heterocycles. The quantitative estimate of drug-likeness (QED) is 0.551. The van der Waals surface area contributed by atoms with Gasteiger partial charge in [0.05, 0.1) is 11.1 Å². The van der Waals surface area contributed by atoms with Gasteiger partial charge in [0.2, 0.25) is 5.91 Å².